The van der Waals surface area contributed by atoms with Crippen LogP contribution in [0.3, 0.4) is 0 Å². The van der Waals surface area contributed by atoms with Gasteiger partial charge < -0.3 is 10.6 Å². The number of rotatable bonds is 4. The van der Waals surface area contributed by atoms with Crippen molar-refractivity contribution in [2.75, 3.05) is 18.4 Å². The largest absolute Gasteiger partial charge is 0.316 e. The molecule has 1 aliphatic rings. The average Bonchev–Trinajstić information content (AvgIpc) is 2.88. The SMILES string of the molecule is CCc1cn[nH]c1NC(=O)CC1CCNC1. The van der Waals surface area contributed by atoms with Crippen molar-refractivity contribution in [2.24, 2.45) is 5.92 Å². The maximum absolute atomic E-state index is 11.7. The van der Waals surface area contributed by atoms with E-state index >= 15 is 0 Å². The Hall–Kier alpha value is -1.36. The van der Waals surface area contributed by atoms with Crippen LogP contribution in [0.2, 0.25) is 0 Å². The minimum atomic E-state index is 0.0765. The predicted octanol–water partition coefficient (Wildman–Crippen LogP) is 0.910. The van der Waals surface area contributed by atoms with E-state index in [4.69, 9.17) is 0 Å². The van der Waals surface area contributed by atoms with E-state index in [0.29, 0.717) is 12.3 Å². The summed E-state index contributed by atoms with van der Waals surface area (Å²) in [6.07, 6.45) is 4.32. The number of aryl methyl sites for hydroxylation is 1. The lowest BCUT2D eigenvalue weighted by molar-refractivity contribution is -0.117. The second-order valence-corrected chi connectivity index (χ2v) is 4.23. The summed E-state index contributed by atoms with van der Waals surface area (Å²) in [6, 6.07) is 0. The fourth-order valence-electron chi connectivity index (χ4n) is 2.03. The Morgan fingerprint density at radius 1 is 1.69 bits per heavy atom. The standard InChI is InChI=1S/C11H18N4O/c1-2-9-7-13-15-11(9)14-10(16)5-8-3-4-12-6-8/h7-8,12H,2-6H2,1H3,(H2,13,14,15,16). The molecule has 0 radical (unpaired) electrons. The molecule has 0 spiro atoms. The lowest BCUT2D eigenvalue weighted by Gasteiger charge is -2.08. The summed E-state index contributed by atoms with van der Waals surface area (Å²) in [5.41, 5.74) is 1.05. The van der Waals surface area contributed by atoms with Gasteiger partial charge in [0, 0.05) is 12.0 Å². The average molecular weight is 222 g/mol. The van der Waals surface area contributed by atoms with E-state index in [9.17, 15) is 4.79 Å². The quantitative estimate of drug-likeness (QED) is 0.709. The summed E-state index contributed by atoms with van der Waals surface area (Å²) < 4.78 is 0. The van der Waals surface area contributed by atoms with Gasteiger partial charge in [-0.3, -0.25) is 9.89 Å². The molecule has 1 aromatic heterocycles. The third kappa shape index (κ3) is 2.61. The van der Waals surface area contributed by atoms with E-state index in [1.165, 1.54) is 0 Å². The van der Waals surface area contributed by atoms with E-state index in [1.54, 1.807) is 6.20 Å². The van der Waals surface area contributed by atoms with Crippen molar-refractivity contribution in [3.05, 3.63) is 11.8 Å². The van der Waals surface area contributed by atoms with E-state index in [2.05, 4.69) is 20.8 Å². The molecule has 1 aliphatic heterocycles. The summed E-state index contributed by atoms with van der Waals surface area (Å²) >= 11 is 0. The van der Waals surface area contributed by atoms with Gasteiger partial charge in [-0.25, -0.2) is 0 Å². The van der Waals surface area contributed by atoms with Gasteiger partial charge in [0.2, 0.25) is 5.91 Å². The first kappa shape index (κ1) is 11.1. The molecule has 1 saturated heterocycles. The highest BCUT2D eigenvalue weighted by Crippen LogP contribution is 2.15. The van der Waals surface area contributed by atoms with Crippen molar-refractivity contribution >= 4 is 11.7 Å². The second kappa shape index (κ2) is 5.12. The molecule has 2 heterocycles. The number of H-pyrrole nitrogens is 1. The molecule has 0 bridgehead atoms. The van der Waals surface area contributed by atoms with Crippen molar-refractivity contribution in [3.63, 3.8) is 0 Å². The maximum atomic E-state index is 11.7. The van der Waals surface area contributed by atoms with Crippen LogP contribution in [0.4, 0.5) is 5.82 Å². The normalized spacial score (nSPS) is 19.9. The van der Waals surface area contributed by atoms with Gasteiger partial charge in [-0.15, -0.1) is 0 Å². The van der Waals surface area contributed by atoms with Crippen molar-refractivity contribution in [1.82, 2.24) is 15.5 Å². The van der Waals surface area contributed by atoms with Gasteiger partial charge in [0.1, 0.15) is 5.82 Å². The molecule has 1 unspecified atom stereocenters. The van der Waals surface area contributed by atoms with Crippen molar-refractivity contribution in [1.29, 1.82) is 0 Å². The number of hydrogen-bond acceptors (Lipinski definition) is 3. The predicted molar refractivity (Wildman–Crippen MR) is 62.2 cm³/mol. The van der Waals surface area contributed by atoms with Gasteiger partial charge >= 0.3 is 0 Å². The Balaban J connectivity index is 1.86. The van der Waals surface area contributed by atoms with Crippen LogP contribution in [0.25, 0.3) is 0 Å². The summed E-state index contributed by atoms with van der Waals surface area (Å²) in [6.45, 7) is 4.03. The highest BCUT2D eigenvalue weighted by molar-refractivity contribution is 5.90. The van der Waals surface area contributed by atoms with Crippen LogP contribution >= 0.6 is 0 Å². The number of anilines is 1. The zero-order chi connectivity index (χ0) is 11.4. The first-order valence-corrected chi connectivity index (χ1v) is 5.82. The fourth-order valence-corrected chi connectivity index (χ4v) is 2.03. The molecule has 2 rings (SSSR count). The van der Waals surface area contributed by atoms with Crippen LogP contribution < -0.4 is 10.6 Å². The Bertz CT molecular complexity index is 355. The highest BCUT2D eigenvalue weighted by atomic mass is 16.1. The van der Waals surface area contributed by atoms with Gasteiger partial charge in [-0.1, -0.05) is 6.92 Å². The lowest BCUT2D eigenvalue weighted by Crippen LogP contribution is -2.19. The topological polar surface area (TPSA) is 69.8 Å². The number of hydrogen-bond donors (Lipinski definition) is 3. The third-order valence-electron chi connectivity index (χ3n) is 3.00. The first-order valence-electron chi connectivity index (χ1n) is 5.82. The molecule has 1 amide bonds. The minimum Gasteiger partial charge on any atom is -0.316 e. The Morgan fingerprint density at radius 3 is 3.25 bits per heavy atom. The minimum absolute atomic E-state index is 0.0765. The Kier molecular flexibility index (Phi) is 3.56. The summed E-state index contributed by atoms with van der Waals surface area (Å²) in [5, 5.41) is 12.9. The molecule has 1 atom stereocenters. The summed E-state index contributed by atoms with van der Waals surface area (Å²) in [5.74, 6) is 1.30. The molecular formula is C11H18N4O. The zero-order valence-electron chi connectivity index (χ0n) is 9.55. The molecule has 5 heteroatoms. The molecule has 16 heavy (non-hydrogen) atoms. The smallest absolute Gasteiger partial charge is 0.225 e. The molecule has 0 saturated carbocycles. The van der Waals surface area contributed by atoms with E-state index in [-0.39, 0.29) is 5.91 Å². The fraction of sp³-hybridized carbons (Fsp3) is 0.636. The second-order valence-electron chi connectivity index (χ2n) is 4.23. The van der Waals surface area contributed by atoms with Gasteiger partial charge in [-0.05, 0) is 31.8 Å². The van der Waals surface area contributed by atoms with Crippen LogP contribution in [-0.2, 0) is 11.2 Å². The first-order chi connectivity index (χ1) is 7.79. The van der Waals surface area contributed by atoms with E-state index < -0.39 is 0 Å². The van der Waals surface area contributed by atoms with Crippen molar-refractivity contribution < 1.29 is 4.79 Å². The van der Waals surface area contributed by atoms with Gasteiger partial charge in [0.15, 0.2) is 0 Å². The lowest BCUT2D eigenvalue weighted by atomic mass is 10.0. The molecule has 0 aliphatic carbocycles. The number of amides is 1. The van der Waals surface area contributed by atoms with Crippen LogP contribution in [0.1, 0.15) is 25.3 Å². The van der Waals surface area contributed by atoms with Gasteiger partial charge in [-0.2, -0.15) is 5.10 Å². The Morgan fingerprint density at radius 2 is 2.56 bits per heavy atom. The molecule has 5 nitrogen and oxygen atoms in total. The van der Waals surface area contributed by atoms with Crippen LogP contribution in [0.15, 0.2) is 6.20 Å². The van der Waals surface area contributed by atoms with Crippen LogP contribution in [0, 0.1) is 5.92 Å². The monoisotopic (exact) mass is 222 g/mol. The molecule has 88 valence electrons. The number of carbonyl (C=O) groups excluding carboxylic acids is 1. The van der Waals surface area contributed by atoms with E-state index in [0.717, 1.165) is 37.3 Å². The summed E-state index contributed by atoms with van der Waals surface area (Å²) in [4.78, 5) is 11.7. The highest BCUT2D eigenvalue weighted by Gasteiger charge is 2.18. The van der Waals surface area contributed by atoms with E-state index in [1.807, 2.05) is 6.92 Å². The molecule has 3 N–H and O–H groups in total. The zero-order valence-corrected chi connectivity index (χ0v) is 9.55. The van der Waals surface area contributed by atoms with Crippen molar-refractivity contribution in [2.45, 2.75) is 26.2 Å². The molecule has 1 aromatic rings. The third-order valence-corrected chi connectivity index (χ3v) is 3.00. The molecule has 0 aromatic carbocycles. The van der Waals surface area contributed by atoms with Gasteiger partial charge in [0.05, 0.1) is 6.20 Å². The number of aromatic nitrogens is 2. The molecule has 1 fully saturated rings. The molecular weight excluding hydrogens is 204 g/mol. The van der Waals surface area contributed by atoms with Gasteiger partial charge in [0.25, 0.3) is 0 Å². The number of nitrogens with one attached hydrogen (secondary N) is 3. The number of aromatic amines is 1. The van der Waals surface area contributed by atoms with Crippen LogP contribution in [-0.4, -0.2) is 29.2 Å². The summed E-state index contributed by atoms with van der Waals surface area (Å²) in [7, 11) is 0. The van der Waals surface area contributed by atoms with Crippen molar-refractivity contribution in [3.8, 4) is 0 Å². The number of nitrogens with zero attached hydrogens (tertiary/aromatic N) is 1. The van der Waals surface area contributed by atoms with Crippen LogP contribution in [0.5, 0.6) is 0 Å². The maximum Gasteiger partial charge on any atom is 0.225 e. The number of carbonyl (C=O) groups is 1. The Labute approximate surface area is 95.0 Å².